The maximum atomic E-state index is 13.4. The number of carbonyl (C=O) groups is 4. The highest BCUT2D eigenvalue weighted by Crippen LogP contribution is 2.41. The van der Waals surface area contributed by atoms with Crippen molar-refractivity contribution < 1.29 is 19.2 Å². The van der Waals surface area contributed by atoms with E-state index in [9.17, 15) is 19.2 Å². The van der Waals surface area contributed by atoms with Gasteiger partial charge in [-0.25, -0.2) is 0 Å². The monoisotopic (exact) mass is 477 g/mol. The normalized spacial score (nSPS) is 24.3. The molecule has 34 heavy (non-hydrogen) atoms. The fourth-order valence-corrected chi connectivity index (χ4v) is 6.08. The van der Waals surface area contributed by atoms with Crippen molar-refractivity contribution in [1.82, 2.24) is 9.80 Å². The van der Waals surface area contributed by atoms with Crippen LogP contribution >= 0.6 is 11.8 Å². The van der Waals surface area contributed by atoms with E-state index in [1.165, 1.54) is 4.90 Å². The Kier molecular flexibility index (Phi) is 6.41. The Labute approximate surface area is 202 Å². The number of hydrogen-bond donors (Lipinski definition) is 1. The molecule has 0 radical (unpaired) electrons. The van der Waals surface area contributed by atoms with E-state index in [0.29, 0.717) is 23.6 Å². The van der Waals surface area contributed by atoms with Crippen LogP contribution in [0.15, 0.2) is 54.6 Å². The average Bonchev–Trinajstić information content (AvgIpc) is 3.41. The van der Waals surface area contributed by atoms with Gasteiger partial charge in [0.2, 0.25) is 11.8 Å². The van der Waals surface area contributed by atoms with Crippen LogP contribution in [-0.2, 0) is 16.1 Å². The van der Waals surface area contributed by atoms with Crippen molar-refractivity contribution in [1.29, 1.82) is 0 Å². The molecule has 4 amide bonds. The first-order chi connectivity index (χ1) is 16.5. The molecule has 2 aromatic rings. The molecule has 3 fully saturated rings. The van der Waals surface area contributed by atoms with Gasteiger partial charge in [0.05, 0.1) is 12.3 Å². The number of fused-ring (bicyclic) bond motifs is 1. The minimum Gasteiger partial charge on any atom is -0.324 e. The average molecular weight is 478 g/mol. The summed E-state index contributed by atoms with van der Waals surface area (Å²) in [6, 6.07) is 16.0. The summed E-state index contributed by atoms with van der Waals surface area (Å²) in [5.74, 6) is 0.108. The van der Waals surface area contributed by atoms with Gasteiger partial charge < -0.3 is 10.2 Å². The Hall–Kier alpha value is -3.13. The fraction of sp³-hybridized carbons (Fsp3) is 0.385. The maximum Gasteiger partial charge on any atom is 0.289 e. The van der Waals surface area contributed by atoms with Crippen molar-refractivity contribution in [3.05, 3.63) is 65.7 Å². The van der Waals surface area contributed by atoms with E-state index in [1.807, 2.05) is 23.1 Å². The van der Waals surface area contributed by atoms with Gasteiger partial charge in [-0.05, 0) is 55.0 Å². The van der Waals surface area contributed by atoms with E-state index >= 15 is 0 Å². The van der Waals surface area contributed by atoms with Crippen LogP contribution in [0.1, 0.15) is 48.0 Å². The van der Waals surface area contributed by atoms with Crippen molar-refractivity contribution in [3.63, 3.8) is 0 Å². The number of hydrogen-bond acceptors (Lipinski definition) is 5. The number of amides is 4. The Morgan fingerprint density at radius 1 is 0.971 bits per heavy atom. The first-order valence-corrected chi connectivity index (χ1v) is 12.7. The Morgan fingerprint density at radius 3 is 2.41 bits per heavy atom. The Balaban J connectivity index is 1.30. The van der Waals surface area contributed by atoms with Gasteiger partial charge in [0, 0.05) is 17.3 Å². The first kappa shape index (κ1) is 22.7. The molecular formula is C26H27N3O4S. The number of benzene rings is 2. The molecule has 0 spiro atoms. The van der Waals surface area contributed by atoms with Gasteiger partial charge in [0.15, 0.2) is 0 Å². The molecule has 5 rings (SSSR count). The number of anilines is 1. The number of nitrogens with one attached hydrogen (secondary N) is 1. The SMILES string of the molecule is O=C(Nc1ccc(CN2C(=O)CSC2=O)cc1)C1CC2CCCCC2N1C(=O)c1ccccc1. The fourth-order valence-electron chi connectivity index (χ4n) is 5.35. The Morgan fingerprint density at radius 2 is 1.71 bits per heavy atom. The molecule has 2 aliphatic heterocycles. The molecule has 3 unspecified atom stereocenters. The lowest BCUT2D eigenvalue weighted by molar-refractivity contribution is -0.125. The molecule has 176 valence electrons. The van der Waals surface area contributed by atoms with Crippen LogP contribution in [0, 0.1) is 5.92 Å². The second-order valence-corrected chi connectivity index (χ2v) is 10.1. The second-order valence-electron chi connectivity index (χ2n) is 9.16. The molecule has 1 aliphatic carbocycles. The van der Waals surface area contributed by atoms with Crippen LogP contribution in [-0.4, -0.2) is 50.6 Å². The zero-order valence-corrected chi connectivity index (χ0v) is 19.6. The van der Waals surface area contributed by atoms with E-state index in [0.717, 1.165) is 43.0 Å². The van der Waals surface area contributed by atoms with Gasteiger partial charge in [-0.3, -0.25) is 24.1 Å². The zero-order chi connectivity index (χ0) is 23.7. The number of thioether (sulfide) groups is 1. The number of rotatable bonds is 5. The summed E-state index contributed by atoms with van der Waals surface area (Å²) in [6.07, 6.45) is 4.90. The van der Waals surface area contributed by atoms with Crippen LogP contribution in [0.25, 0.3) is 0 Å². The summed E-state index contributed by atoms with van der Waals surface area (Å²) in [4.78, 5) is 53.5. The largest absolute Gasteiger partial charge is 0.324 e. The number of imide groups is 1. The van der Waals surface area contributed by atoms with Crippen LogP contribution in [0.3, 0.4) is 0 Å². The van der Waals surface area contributed by atoms with Crippen LogP contribution in [0.5, 0.6) is 0 Å². The highest BCUT2D eigenvalue weighted by atomic mass is 32.2. The third-order valence-electron chi connectivity index (χ3n) is 7.05. The molecule has 1 saturated carbocycles. The molecule has 0 bridgehead atoms. The van der Waals surface area contributed by atoms with E-state index < -0.39 is 6.04 Å². The summed E-state index contributed by atoms with van der Waals surface area (Å²) < 4.78 is 0. The number of nitrogens with zero attached hydrogens (tertiary/aromatic N) is 2. The predicted octanol–water partition coefficient (Wildman–Crippen LogP) is 4.29. The van der Waals surface area contributed by atoms with Crippen molar-refractivity contribution in [2.45, 2.75) is 50.7 Å². The standard InChI is InChI=1S/C26H27N3O4S/c30-23-16-34-26(33)28(23)15-17-10-12-20(13-11-17)27-24(31)22-14-19-8-4-5-9-21(19)29(22)25(32)18-6-2-1-3-7-18/h1-3,6-7,10-13,19,21-22H,4-5,8-9,14-16H2,(H,27,31). The minimum atomic E-state index is -0.502. The second kappa shape index (κ2) is 9.62. The summed E-state index contributed by atoms with van der Waals surface area (Å²) in [6.45, 7) is 0.226. The molecule has 0 aromatic heterocycles. The molecule has 3 atom stereocenters. The summed E-state index contributed by atoms with van der Waals surface area (Å²) in [7, 11) is 0. The molecule has 2 saturated heterocycles. The topological polar surface area (TPSA) is 86.8 Å². The van der Waals surface area contributed by atoms with E-state index in [4.69, 9.17) is 0 Å². The van der Waals surface area contributed by atoms with Gasteiger partial charge >= 0.3 is 0 Å². The van der Waals surface area contributed by atoms with Crippen molar-refractivity contribution in [2.75, 3.05) is 11.1 Å². The molecular weight excluding hydrogens is 450 g/mol. The summed E-state index contributed by atoms with van der Waals surface area (Å²) >= 11 is 1.02. The van der Waals surface area contributed by atoms with Crippen LogP contribution in [0.4, 0.5) is 10.5 Å². The van der Waals surface area contributed by atoms with Gasteiger partial charge in [0.1, 0.15) is 6.04 Å². The Bertz CT molecular complexity index is 1090. The lowest BCUT2D eigenvalue weighted by Crippen LogP contribution is -2.47. The lowest BCUT2D eigenvalue weighted by Gasteiger charge is -2.33. The van der Waals surface area contributed by atoms with Gasteiger partial charge in [-0.2, -0.15) is 0 Å². The highest BCUT2D eigenvalue weighted by Gasteiger charge is 2.47. The van der Waals surface area contributed by atoms with Crippen molar-refractivity contribution >= 4 is 40.4 Å². The van der Waals surface area contributed by atoms with Crippen molar-refractivity contribution in [3.8, 4) is 0 Å². The quantitative estimate of drug-likeness (QED) is 0.694. The first-order valence-electron chi connectivity index (χ1n) is 11.8. The molecule has 7 nitrogen and oxygen atoms in total. The maximum absolute atomic E-state index is 13.4. The highest BCUT2D eigenvalue weighted by molar-refractivity contribution is 8.14. The van der Waals surface area contributed by atoms with Crippen LogP contribution < -0.4 is 5.32 Å². The van der Waals surface area contributed by atoms with Crippen LogP contribution in [0.2, 0.25) is 0 Å². The number of carbonyl (C=O) groups excluding carboxylic acids is 4. The third-order valence-corrected chi connectivity index (χ3v) is 7.91. The molecule has 1 N–H and O–H groups in total. The van der Waals surface area contributed by atoms with E-state index in [1.54, 1.807) is 36.4 Å². The third kappa shape index (κ3) is 4.46. The molecule has 3 aliphatic rings. The smallest absolute Gasteiger partial charge is 0.289 e. The van der Waals surface area contributed by atoms with Gasteiger partial charge in [-0.1, -0.05) is 54.9 Å². The molecule has 2 aromatic carbocycles. The van der Waals surface area contributed by atoms with E-state index in [2.05, 4.69) is 5.32 Å². The summed E-state index contributed by atoms with van der Waals surface area (Å²) in [5, 5.41) is 2.76. The van der Waals surface area contributed by atoms with Gasteiger partial charge in [0.25, 0.3) is 11.1 Å². The molecule has 8 heteroatoms. The summed E-state index contributed by atoms with van der Waals surface area (Å²) in [5.41, 5.74) is 2.05. The number of likely N-dealkylation sites (tertiary alicyclic amines) is 1. The minimum absolute atomic E-state index is 0.0803. The van der Waals surface area contributed by atoms with Crippen molar-refractivity contribution in [2.24, 2.45) is 5.92 Å². The zero-order valence-electron chi connectivity index (χ0n) is 18.8. The molecule has 2 heterocycles. The lowest BCUT2D eigenvalue weighted by atomic mass is 9.84. The predicted molar refractivity (Wildman–Crippen MR) is 130 cm³/mol. The van der Waals surface area contributed by atoms with E-state index in [-0.39, 0.29) is 41.3 Å². The van der Waals surface area contributed by atoms with Gasteiger partial charge in [-0.15, -0.1) is 0 Å².